The van der Waals surface area contributed by atoms with Crippen LogP contribution in [0.2, 0.25) is 0 Å². The topological polar surface area (TPSA) is 58.2 Å². The highest BCUT2D eigenvalue weighted by Gasteiger charge is 2.23. The summed E-state index contributed by atoms with van der Waals surface area (Å²) in [5.41, 5.74) is 3.21. The first-order valence-electron chi connectivity index (χ1n) is 6.93. The maximum atomic E-state index is 10.8. The van der Waals surface area contributed by atoms with Crippen molar-refractivity contribution in [2.45, 2.75) is 19.3 Å². The van der Waals surface area contributed by atoms with Crippen molar-refractivity contribution in [1.82, 2.24) is 0 Å². The van der Waals surface area contributed by atoms with Crippen LogP contribution in [0.3, 0.4) is 0 Å². The smallest absolute Gasteiger partial charge is 0.312 e. The second-order valence-corrected chi connectivity index (χ2v) is 6.26. The highest BCUT2D eigenvalue weighted by atomic mass is 35.5. The van der Waals surface area contributed by atoms with Crippen LogP contribution in [-0.4, -0.2) is 10.7 Å². The van der Waals surface area contributed by atoms with Gasteiger partial charge >= 0.3 is 10.7 Å². The minimum Gasteiger partial charge on any atom is -0.312 e. The van der Waals surface area contributed by atoms with Crippen LogP contribution in [0.5, 0.6) is 0 Å². The molecular formula is C17H16Cl2N2O2. The first-order chi connectivity index (χ1) is 10.8. The maximum absolute atomic E-state index is 10.8. The van der Waals surface area contributed by atoms with Crippen molar-refractivity contribution >= 4 is 45.3 Å². The van der Waals surface area contributed by atoms with Crippen LogP contribution in [0.25, 0.3) is 0 Å². The molecule has 23 heavy (non-hydrogen) atoms. The third kappa shape index (κ3) is 4.47. The fourth-order valence-corrected chi connectivity index (χ4v) is 2.55. The summed E-state index contributed by atoms with van der Waals surface area (Å²) in [7, 11) is 0. The number of carbonyl (C=O) groups excluding carboxylic acids is 2. The Morgan fingerprint density at radius 2 is 1.04 bits per heavy atom. The van der Waals surface area contributed by atoms with Crippen molar-refractivity contribution in [1.29, 1.82) is 0 Å². The number of rotatable bonds is 4. The fraction of sp³-hybridized carbons (Fsp3) is 0.176. The molecule has 0 unspecified atom stereocenters. The van der Waals surface area contributed by atoms with Crippen molar-refractivity contribution in [3.8, 4) is 0 Å². The molecule has 2 N–H and O–H groups in total. The SMILES string of the molecule is CC(C)(c1ccc(NC(=O)Cl)cc1)c1ccc(NC(=O)Cl)cc1. The summed E-state index contributed by atoms with van der Waals surface area (Å²) in [5.74, 6) is 0. The fourth-order valence-electron chi connectivity index (χ4n) is 2.33. The predicted molar refractivity (Wildman–Crippen MR) is 94.8 cm³/mol. The van der Waals surface area contributed by atoms with E-state index in [2.05, 4.69) is 24.5 Å². The van der Waals surface area contributed by atoms with E-state index in [-0.39, 0.29) is 5.41 Å². The third-order valence-corrected chi connectivity index (χ3v) is 3.89. The molecule has 2 amide bonds. The molecule has 0 bridgehead atoms. The molecule has 0 heterocycles. The number of hydrogen-bond donors (Lipinski definition) is 2. The Morgan fingerprint density at radius 3 is 1.30 bits per heavy atom. The van der Waals surface area contributed by atoms with E-state index in [0.29, 0.717) is 11.4 Å². The van der Waals surface area contributed by atoms with E-state index in [1.807, 2.05) is 24.3 Å². The number of halogens is 2. The molecule has 2 aromatic rings. The molecule has 120 valence electrons. The van der Waals surface area contributed by atoms with Crippen molar-refractivity contribution in [3.05, 3.63) is 59.7 Å². The Labute approximate surface area is 144 Å². The van der Waals surface area contributed by atoms with Gasteiger partial charge in [0.25, 0.3) is 0 Å². The first-order valence-corrected chi connectivity index (χ1v) is 7.68. The lowest BCUT2D eigenvalue weighted by Crippen LogP contribution is -2.19. The summed E-state index contributed by atoms with van der Waals surface area (Å²) in [6.07, 6.45) is 0. The van der Waals surface area contributed by atoms with Gasteiger partial charge in [-0.2, -0.15) is 0 Å². The molecule has 0 saturated carbocycles. The van der Waals surface area contributed by atoms with Gasteiger partial charge in [-0.05, 0) is 58.6 Å². The summed E-state index contributed by atoms with van der Waals surface area (Å²) >= 11 is 10.6. The number of amides is 2. The van der Waals surface area contributed by atoms with E-state index in [0.717, 1.165) is 11.1 Å². The monoisotopic (exact) mass is 350 g/mol. The Hall–Kier alpha value is -2.04. The van der Waals surface area contributed by atoms with Crippen LogP contribution in [0.1, 0.15) is 25.0 Å². The van der Waals surface area contributed by atoms with E-state index in [1.165, 1.54) is 0 Å². The maximum Gasteiger partial charge on any atom is 0.318 e. The Morgan fingerprint density at radius 1 is 0.739 bits per heavy atom. The summed E-state index contributed by atoms with van der Waals surface area (Å²) < 4.78 is 0. The number of anilines is 2. The van der Waals surface area contributed by atoms with E-state index in [1.54, 1.807) is 24.3 Å². The van der Waals surface area contributed by atoms with E-state index in [4.69, 9.17) is 23.2 Å². The normalized spacial score (nSPS) is 11.0. The van der Waals surface area contributed by atoms with Crippen LogP contribution in [0.4, 0.5) is 21.0 Å². The second-order valence-electron chi connectivity index (χ2n) is 5.58. The molecule has 0 fully saturated rings. The zero-order valence-corrected chi connectivity index (χ0v) is 14.2. The van der Waals surface area contributed by atoms with Gasteiger partial charge in [-0.15, -0.1) is 0 Å². The van der Waals surface area contributed by atoms with Gasteiger partial charge < -0.3 is 10.6 Å². The molecule has 0 spiro atoms. The van der Waals surface area contributed by atoms with Gasteiger partial charge in [0.15, 0.2) is 0 Å². The van der Waals surface area contributed by atoms with E-state index < -0.39 is 10.7 Å². The molecule has 2 rings (SSSR count). The minimum atomic E-state index is -0.617. The number of hydrogen-bond acceptors (Lipinski definition) is 2. The molecule has 0 aliphatic heterocycles. The molecule has 6 heteroatoms. The van der Waals surface area contributed by atoms with Crippen molar-refractivity contribution in [2.24, 2.45) is 0 Å². The van der Waals surface area contributed by atoms with Gasteiger partial charge in [0.1, 0.15) is 0 Å². The highest BCUT2D eigenvalue weighted by molar-refractivity contribution is 6.66. The molecule has 0 saturated heterocycles. The van der Waals surface area contributed by atoms with Gasteiger partial charge in [-0.1, -0.05) is 38.1 Å². The van der Waals surface area contributed by atoms with Gasteiger partial charge in [-0.25, -0.2) is 0 Å². The average Bonchev–Trinajstić information content (AvgIpc) is 2.47. The largest absolute Gasteiger partial charge is 0.318 e. The summed E-state index contributed by atoms with van der Waals surface area (Å²) in [5, 5.41) is 3.81. The molecular weight excluding hydrogens is 335 g/mol. The van der Waals surface area contributed by atoms with Crippen molar-refractivity contribution in [3.63, 3.8) is 0 Å². The zero-order valence-electron chi connectivity index (χ0n) is 12.7. The average molecular weight is 351 g/mol. The third-order valence-electron chi connectivity index (χ3n) is 3.70. The minimum absolute atomic E-state index is 0.243. The van der Waals surface area contributed by atoms with Crippen LogP contribution in [0, 0.1) is 0 Å². The van der Waals surface area contributed by atoms with Gasteiger partial charge in [-0.3, -0.25) is 9.59 Å². The van der Waals surface area contributed by atoms with Gasteiger partial charge in [0.2, 0.25) is 0 Å². The van der Waals surface area contributed by atoms with Crippen LogP contribution < -0.4 is 10.6 Å². The predicted octanol–water partition coefficient (Wildman–Crippen LogP) is 5.55. The van der Waals surface area contributed by atoms with Crippen LogP contribution in [-0.2, 0) is 5.41 Å². The Balaban J connectivity index is 2.23. The van der Waals surface area contributed by atoms with Gasteiger partial charge in [0.05, 0.1) is 0 Å². The van der Waals surface area contributed by atoms with E-state index in [9.17, 15) is 9.59 Å². The molecule has 0 aliphatic rings. The quantitative estimate of drug-likeness (QED) is 0.560. The molecule has 0 aliphatic carbocycles. The first kappa shape index (κ1) is 17.3. The summed E-state index contributed by atoms with van der Waals surface area (Å²) in [6, 6.07) is 15.0. The Kier molecular flexibility index (Phi) is 5.29. The molecule has 4 nitrogen and oxygen atoms in total. The Bertz CT molecular complexity index is 649. The van der Waals surface area contributed by atoms with E-state index >= 15 is 0 Å². The highest BCUT2D eigenvalue weighted by Crippen LogP contribution is 2.32. The van der Waals surface area contributed by atoms with Gasteiger partial charge in [0, 0.05) is 16.8 Å². The standard InChI is InChI=1S/C17H16Cl2N2O2/c1-17(2,11-3-7-13(8-4-11)20-15(18)22)12-5-9-14(10-6-12)21-16(19)23/h3-10H,1-2H3,(H,20,22)(H,21,23). The summed E-state index contributed by atoms with van der Waals surface area (Å²) in [6.45, 7) is 4.19. The zero-order chi connectivity index (χ0) is 17.0. The number of benzene rings is 2. The lowest BCUT2D eigenvalue weighted by Gasteiger charge is -2.26. The molecule has 0 radical (unpaired) electrons. The summed E-state index contributed by atoms with van der Waals surface area (Å²) in [4.78, 5) is 21.7. The second kappa shape index (κ2) is 7.02. The molecule has 0 aromatic heterocycles. The van der Waals surface area contributed by atoms with Crippen LogP contribution >= 0.6 is 23.2 Å². The number of carbonyl (C=O) groups is 2. The van der Waals surface area contributed by atoms with Crippen molar-refractivity contribution in [2.75, 3.05) is 10.6 Å². The van der Waals surface area contributed by atoms with Crippen molar-refractivity contribution < 1.29 is 9.59 Å². The number of nitrogens with one attached hydrogen (secondary N) is 2. The molecule has 0 atom stereocenters. The van der Waals surface area contributed by atoms with Crippen LogP contribution in [0.15, 0.2) is 48.5 Å². The molecule has 2 aromatic carbocycles. The lowest BCUT2D eigenvalue weighted by atomic mass is 9.78. The lowest BCUT2D eigenvalue weighted by molar-refractivity contribution is 0.268.